The van der Waals surface area contributed by atoms with Gasteiger partial charge in [-0.3, -0.25) is 14.4 Å². The highest BCUT2D eigenvalue weighted by Crippen LogP contribution is 2.64. The molecule has 3 aliphatic rings. The molecule has 3 amide bonds. The molecule has 2 aromatic rings. The van der Waals surface area contributed by atoms with Gasteiger partial charge in [0, 0.05) is 12.6 Å². The molecule has 8 nitrogen and oxygen atoms in total. The number of nitrogens with one attached hydrogen (secondary N) is 2. The average molecular weight is 506 g/mol. The summed E-state index contributed by atoms with van der Waals surface area (Å²) in [4.78, 5) is 43.1. The number of hydrogen-bond acceptors (Lipinski definition) is 5. The summed E-state index contributed by atoms with van der Waals surface area (Å²) < 4.78 is 6.64. The molecule has 5 rings (SSSR count). The molecule has 1 spiro atoms. The number of carbonyl (C=O) groups is 3. The zero-order chi connectivity index (χ0) is 26.4. The predicted octanol–water partition coefficient (Wildman–Crippen LogP) is 2.33. The number of amides is 3. The monoisotopic (exact) mass is 505 g/mol. The van der Waals surface area contributed by atoms with Gasteiger partial charge in [0.2, 0.25) is 17.7 Å². The van der Waals surface area contributed by atoms with E-state index in [-0.39, 0.29) is 30.4 Å². The van der Waals surface area contributed by atoms with Crippen LogP contribution in [0.15, 0.2) is 60.7 Å². The molecule has 3 N–H and O–H groups in total. The van der Waals surface area contributed by atoms with E-state index in [1.807, 2.05) is 81.4 Å². The van der Waals surface area contributed by atoms with Gasteiger partial charge >= 0.3 is 0 Å². The molecule has 2 unspecified atom stereocenters. The van der Waals surface area contributed by atoms with Gasteiger partial charge < -0.3 is 25.4 Å². The minimum atomic E-state index is -1.14. The summed E-state index contributed by atoms with van der Waals surface area (Å²) in [5.74, 6) is -2.46. The van der Waals surface area contributed by atoms with E-state index in [0.717, 1.165) is 11.1 Å². The molecule has 2 aromatic carbocycles. The van der Waals surface area contributed by atoms with E-state index >= 15 is 0 Å². The third-order valence-electron chi connectivity index (χ3n) is 8.18. The highest BCUT2D eigenvalue weighted by Gasteiger charge is 2.78. The Hall–Kier alpha value is -3.23. The van der Waals surface area contributed by atoms with Crippen molar-refractivity contribution in [2.75, 3.05) is 6.61 Å². The Morgan fingerprint density at radius 1 is 1.05 bits per heavy atom. The van der Waals surface area contributed by atoms with Gasteiger partial charge in [0.05, 0.1) is 30.1 Å². The summed E-state index contributed by atoms with van der Waals surface area (Å²) in [6.07, 6.45) is 1.05. The zero-order valence-electron chi connectivity index (χ0n) is 21.5. The molecule has 37 heavy (non-hydrogen) atoms. The molecule has 8 heteroatoms. The molecule has 3 aliphatic heterocycles. The van der Waals surface area contributed by atoms with Crippen LogP contribution in [0.25, 0.3) is 0 Å². The SMILES string of the molecule is CC(C)NC(=O)C1N([C@H](CO)c2ccccc2)C(=O)[C@@H]2[C@H](C(=O)NCc3ccccc3)[C@]3(C)CCC12O3. The molecule has 3 saturated heterocycles. The molecule has 0 radical (unpaired) electrons. The Morgan fingerprint density at radius 3 is 2.32 bits per heavy atom. The van der Waals surface area contributed by atoms with Crippen molar-refractivity contribution in [3.05, 3.63) is 71.8 Å². The summed E-state index contributed by atoms with van der Waals surface area (Å²) in [5.41, 5.74) is -0.312. The second-order valence-corrected chi connectivity index (χ2v) is 10.9. The number of rotatable bonds is 8. The third kappa shape index (κ3) is 4.12. The number of ether oxygens (including phenoxy) is 1. The van der Waals surface area contributed by atoms with Gasteiger partial charge in [-0.1, -0.05) is 60.7 Å². The number of likely N-dealkylation sites (tertiary alicyclic amines) is 1. The smallest absolute Gasteiger partial charge is 0.246 e. The summed E-state index contributed by atoms with van der Waals surface area (Å²) in [7, 11) is 0. The van der Waals surface area contributed by atoms with Crippen molar-refractivity contribution in [2.24, 2.45) is 11.8 Å². The Bertz CT molecular complexity index is 1170. The molecular formula is C29H35N3O5. The van der Waals surface area contributed by atoms with Crippen molar-refractivity contribution in [1.82, 2.24) is 15.5 Å². The molecule has 6 atom stereocenters. The van der Waals surface area contributed by atoms with E-state index in [1.54, 1.807) is 0 Å². The number of aliphatic hydroxyl groups excluding tert-OH is 1. The number of fused-ring (bicyclic) bond motifs is 1. The number of nitrogens with zero attached hydrogens (tertiary/aromatic N) is 1. The lowest BCUT2D eigenvalue weighted by Crippen LogP contribution is -2.57. The van der Waals surface area contributed by atoms with Gasteiger partial charge in [0.1, 0.15) is 11.6 Å². The topological polar surface area (TPSA) is 108 Å². The van der Waals surface area contributed by atoms with Crippen molar-refractivity contribution in [2.45, 2.75) is 69.5 Å². The van der Waals surface area contributed by atoms with Crippen LogP contribution in [0.4, 0.5) is 0 Å². The molecule has 2 bridgehead atoms. The second kappa shape index (κ2) is 9.58. The maximum Gasteiger partial charge on any atom is 0.246 e. The minimum absolute atomic E-state index is 0.150. The van der Waals surface area contributed by atoms with Crippen LogP contribution < -0.4 is 10.6 Å². The highest BCUT2D eigenvalue weighted by molar-refractivity contribution is 5.99. The van der Waals surface area contributed by atoms with E-state index in [2.05, 4.69) is 10.6 Å². The van der Waals surface area contributed by atoms with Gasteiger partial charge in [-0.15, -0.1) is 0 Å². The van der Waals surface area contributed by atoms with Crippen molar-refractivity contribution in [3.63, 3.8) is 0 Å². The highest BCUT2D eigenvalue weighted by atomic mass is 16.5. The first-order valence-electron chi connectivity index (χ1n) is 13.0. The second-order valence-electron chi connectivity index (χ2n) is 10.9. The van der Waals surface area contributed by atoms with Crippen LogP contribution in [-0.2, 0) is 25.7 Å². The molecule has 0 aliphatic carbocycles. The lowest BCUT2D eigenvalue weighted by atomic mass is 9.66. The fourth-order valence-corrected chi connectivity index (χ4v) is 6.69. The fraction of sp³-hybridized carbons (Fsp3) is 0.483. The number of benzene rings is 2. The van der Waals surface area contributed by atoms with Gasteiger partial charge in [0.15, 0.2) is 0 Å². The molecule has 196 valence electrons. The zero-order valence-corrected chi connectivity index (χ0v) is 21.5. The van der Waals surface area contributed by atoms with Crippen molar-refractivity contribution < 1.29 is 24.2 Å². The van der Waals surface area contributed by atoms with Gasteiger partial charge in [0.25, 0.3) is 0 Å². The summed E-state index contributed by atoms with van der Waals surface area (Å²) >= 11 is 0. The van der Waals surface area contributed by atoms with E-state index in [0.29, 0.717) is 19.4 Å². The van der Waals surface area contributed by atoms with E-state index in [9.17, 15) is 19.5 Å². The van der Waals surface area contributed by atoms with Gasteiger partial charge in [-0.05, 0) is 44.7 Å². The Labute approximate surface area is 217 Å². The fourth-order valence-electron chi connectivity index (χ4n) is 6.69. The number of carbonyl (C=O) groups excluding carboxylic acids is 3. The molecular weight excluding hydrogens is 470 g/mol. The largest absolute Gasteiger partial charge is 0.394 e. The average Bonchev–Trinajstić information content (AvgIpc) is 3.45. The van der Waals surface area contributed by atoms with Crippen LogP contribution >= 0.6 is 0 Å². The van der Waals surface area contributed by atoms with Crippen molar-refractivity contribution in [1.29, 1.82) is 0 Å². The minimum Gasteiger partial charge on any atom is -0.394 e. The number of hydrogen-bond donors (Lipinski definition) is 3. The maximum absolute atomic E-state index is 14.3. The van der Waals surface area contributed by atoms with Crippen LogP contribution in [0.3, 0.4) is 0 Å². The molecule has 0 aromatic heterocycles. The van der Waals surface area contributed by atoms with Crippen molar-refractivity contribution in [3.8, 4) is 0 Å². The first-order valence-corrected chi connectivity index (χ1v) is 13.0. The van der Waals surface area contributed by atoms with Crippen LogP contribution in [0.1, 0.15) is 50.8 Å². The van der Waals surface area contributed by atoms with Crippen molar-refractivity contribution >= 4 is 17.7 Å². The molecule has 0 saturated carbocycles. The van der Waals surface area contributed by atoms with E-state index in [4.69, 9.17) is 4.74 Å². The maximum atomic E-state index is 14.3. The number of aliphatic hydroxyl groups is 1. The molecule has 3 heterocycles. The Kier molecular flexibility index (Phi) is 6.58. The van der Waals surface area contributed by atoms with Gasteiger partial charge in [-0.2, -0.15) is 0 Å². The van der Waals surface area contributed by atoms with Crippen LogP contribution in [0.2, 0.25) is 0 Å². The Balaban J connectivity index is 1.53. The van der Waals surface area contributed by atoms with E-state index < -0.39 is 35.1 Å². The standard InChI is InChI=1S/C29H35N3O5/c1-18(2)31-26(35)24-29-15-14-28(3,37-29)22(25(34)30-16-19-10-6-4-7-11-19)23(29)27(36)32(24)21(17-33)20-12-8-5-9-13-20/h4-13,18,21-24,33H,14-17H2,1-3H3,(H,30,34)(H,31,35)/t21-,22-,23+,24?,28+,29?/m1/s1. The van der Waals surface area contributed by atoms with Crippen LogP contribution in [0, 0.1) is 11.8 Å². The first-order chi connectivity index (χ1) is 17.7. The van der Waals surface area contributed by atoms with Crippen LogP contribution in [0.5, 0.6) is 0 Å². The first kappa shape index (κ1) is 25.4. The summed E-state index contributed by atoms with van der Waals surface area (Å²) in [5, 5.41) is 16.4. The lowest BCUT2D eigenvalue weighted by Gasteiger charge is -2.37. The molecule has 3 fully saturated rings. The Morgan fingerprint density at radius 2 is 1.70 bits per heavy atom. The normalized spacial score (nSPS) is 30.9. The third-order valence-corrected chi connectivity index (χ3v) is 8.18. The predicted molar refractivity (Wildman–Crippen MR) is 137 cm³/mol. The summed E-state index contributed by atoms with van der Waals surface area (Å²) in [6, 6.07) is 17.0. The lowest BCUT2D eigenvalue weighted by molar-refractivity contribution is -0.150. The quantitative estimate of drug-likeness (QED) is 0.510. The van der Waals surface area contributed by atoms with Gasteiger partial charge in [-0.25, -0.2) is 0 Å². The van der Waals surface area contributed by atoms with Crippen LogP contribution in [-0.4, -0.2) is 57.6 Å². The summed E-state index contributed by atoms with van der Waals surface area (Å²) in [6.45, 7) is 5.59. The van der Waals surface area contributed by atoms with E-state index in [1.165, 1.54) is 4.90 Å².